The van der Waals surface area contributed by atoms with Crippen molar-refractivity contribution in [2.45, 2.75) is 23.6 Å². The molecule has 15 heteroatoms. The Morgan fingerprint density at radius 3 is 2.02 bits per heavy atom. The minimum absolute atomic E-state index is 0.0523. The van der Waals surface area contributed by atoms with Crippen LogP contribution in [-0.2, 0) is 30.3 Å². The van der Waals surface area contributed by atoms with Crippen LogP contribution in [0.1, 0.15) is 11.1 Å². The van der Waals surface area contributed by atoms with Crippen LogP contribution in [0.15, 0.2) is 116 Å². The number of nitrogens with one attached hydrogen (secondary N) is 2. The number of fused-ring (bicyclic) bond motifs is 2. The zero-order chi connectivity index (χ0) is 35.3. The summed E-state index contributed by atoms with van der Waals surface area (Å²) < 4.78 is 102. The van der Waals surface area contributed by atoms with Gasteiger partial charge < -0.3 is 9.73 Å². The molecule has 4 aromatic carbocycles. The third kappa shape index (κ3) is 7.21. The Morgan fingerprint density at radius 1 is 0.694 bits per heavy atom. The Morgan fingerprint density at radius 2 is 1.37 bits per heavy atom. The molecule has 0 unspecified atom stereocenters. The van der Waals surface area contributed by atoms with E-state index in [1.165, 1.54) is 6.07 Å². The first-order valence-corrected chi connectivity index (χ1v) is 19.3. The minimum atomic E-state index is -5.02. The number of para-hydroxylation sites is 3. The highest BCUT2D eigenvalue weighted by Gasteiger charge is 2.26. The molecule has 0 saturated heterocycles. The van der Waals surface area contributed by atoms with E-state index >= 15 is 0 Å². The predicted octanol–water partition coefficient (Wildman–Crippen LogP) is 6.66. The second kappa shape index (κ2) is 12.4. The van der Waals surface area contributed by atoms with E-state index in [0.717, 1.165) is 29.1 Å². The Kier molecular flexibility index (Phi) is 8.58. The molecule has 49 heavy (non-hydrogen) atoms. The van der Waals surface area contributed by atoms with Crippen molar-refractivity contribution < 1.29 is 38.8 Å². The second-order valence-electron chi connectivity index (χ2n) is 11.4. The molecule has 1 heterocycles. The van der Waals surface area contributed by atoms with Crippen molar-refractivity contribution in [2.24, 2.45) is 4.99 Å². The molecule has 2 aliphatic rings. The summed E-state index contributed by atoms with van der Waals surface area (Å²) in [7, 11) is -13.4. The lowest BCUT2D eigenvalue weighted by Gasteiger charge is -2.19. The first kappa shape index (κ1) is 33.8. The molecule has 12 nitrogen and oxygen atoms in total. The van der Waals surface area contributed by atoms with Gasteiger partial charge in [0.15, 0.2) is 0 Å². The van der Waals surface area contributed by atoms with Crippen molar-refractivity contribution in [3.63, 3.8) is 0 Å². The lowest BCUT2D eigenvalue weighted by molar-refractivity contribution is 0.481. The molecule has 0 spiro atoms. The van der Waals surface area contributed by atoms with Crippen LogP contribution in [0, 0.1) is 13.8 Å². The van der Waals surface area contributed by atoms with E-state index in [0.29, 0.717) is 39.4 Å². The van der Waals surface area contributed by atoms with Gasteiger partial charge in [-0.1, -0.05) is 36.4 Å². The Balaban J connectivity index is 1.63. The standard InChI is InChI=1S/C34H29N3O9S3/c1-20-7-6-8-21(2)34(20)36-23-12-15-26-31(18-23)46-30-17-22(35-28-9-4-5-10-29(28)37-47(3,38)39)11-14-25(30)33(26)27-16-13-24(48(40,41)42)19-32(27)49(43,44)45/h4-19,35,37H,1-3H3,(H,40,41,42)(H,43,44,45). The van der Waals surface area contributed by atoms with Crippen LogP contribution in [0.2, 0.25) is 0 Å². The quantitative estimate of drug-likeness (QED) is 0.0976. The van der Waals surface area contributed by atoms with Gasteiger partial charge in [0, 0.05) is 39.9 Å². The summed E-state index contributed by atoms with van der Waals surface area (Å²) in [4.78, 5) is 3.35. The number of anilines is 3. The molecule has 0 aromatic heterocycles. The molecule has 0 saturated carbocycles. The van der Waals surface area contributed by atoms with E-state index in [2.05, 4.69) is 10.0 Å². The van der Waals surface area contributed by atoms with Crippen molar-refractivity contribution in [1.29, 1.82) is 0 Å². The molecular formula is C34H29N3O9S3. The molecule has 0 fully saturated rings. The molecule has 1 aliphatic carbocycles. The first-order valence-electron chi connectivity index (χ1n) is 14.5. The number of nitrogens with zero attached hydrogens (tertiary/aromatic N) is 1. The molecule has 0 atom stereocenters. The lowest BCUT2D eigenvalue weighted by Crippen LogP contribution is -2.11. The summed E-state index contributed by atoms with van der Waals surface area (Å²) in [6.45, 7) is 3.88. The summed E-state index contributed by atoms with van der Waals surface area (Å²) in [6, 6.07) is 25.4. The normalized spacial score (nSPS) is 12.8. The van der Waals surface area contributed by atoms with Gasteiger partial charge in [0.25, 0.3) is 20.2 Å². The molecule has 1 aliphatic heterocycles. The van der Waals surface area contributed by atoms with Gasteiger partial charge in [-0.2, -0.15) is 16.8 Å². The van der Waals surface area contributed by atoms with E-state index < -0.39 is 40.1 Å². The third-order valence-electron chi connectivity index (χ3n) is 7.69. The van der Waals surface area contributed by atoms with Crippen molar-refractivity contribution in [1.82, 2.24) is 0 Å². The third-order valence-corrected chi connectivity index (χ3v) is 10.0. The maximum absolute atomic E-state index is 12.7. The Bertz CT molecular complexity index is 2650. The van der Waals surface area contributed by atoms with Crippen LogP contribution in [-0.4, -0.2) is 40.6 Å². The van der Waals surface area contributed by atoms with Crippen LogP contribution in [0.5, 0.6) is 0 Å². The van der Waals surface area contributed by atoms with Gasteiger partial charge >= 0.3 is 0 Å². The van der Waals surface area contributed by atoms with Crippen LogP contribution in [0.3, 0.4) is 0 Å². The minimum Gasteiger partial charge on any atom is -0.456 e. The lowest BCUT2D eigenvalue weighted by atomic mass is 9.93. The average Bonchev–Trinajstić information content (AvgIpc) is 3.01. The average molecular weight is 720 g/mol. The van der Waals surface area contributed by atoms with E-state index in [1.54, 1.807) is 60.7 Å². The van der Waals surface area contributed by atoms with Gasteiger partial charge in [-0.25, -0.2) is 13.4 Å². The fourth-order valence-corrected chi connectivity index (χ4v) is 7.43. The topological polar surface area (TPSA) is 192 Å². The molecule has 0 amide bonds. The highest BCUT2D eigenvalue weighted by Crippen LogP contribution is 2.43. The van der Waals surface area contributed by atoms with Crippen LogP contribution < -0.4 is 15.4 Å². The largest absolute Gasteiger partial charge is 0.456 e. The molecular weight excluding hydrogens is 691 g/mol. The summed E-state index contributed by atoms with van der Waals surface area (Å²) in [5.74, 6) is 0.284. The zero-order valence-corrected chi connectivity index (χ0v) is 28.6. The fraction of sp³-hybridized carbons (Fsp3) is 0.0882. The summed E-state index contributed by atoms with van der Waals surface area (Å²) in [5.41, 5.74) is 4.81. The van der Waals surface area contributed by atoms with E-state index in [-0.39, 0.29) is 22.5 Å². The summed E-state index contributed by atoms with van der Waals surface area (Å²) in [5, 5.41) is 4.10. The highest BCUT2D eigenvalue weighted by molar-refractivity contribution is 7.92. The smallest absolute Gasteiger partial charge is 0.295 e. The van der Waals surface area contributed by atoms with Gasteiger partial charge in [0.05, 0.1) is 33.6 Å². The second-order valence-corrected chi connectivity index (χ2v) is 15.9. The van der Waals surface area contributed by atoms with E-state index in [1.807, 2.05) is 32.0 Å². The van der Waals surface area contributed by atoms with Gasteiger partial charge in [0.1, 0.15) is 16.2 Å². The number of sulfonamides is 1. The number of aryl methyl sites for hydroxylation is 2. The van der Waals surface area contributed by atoms with Crippen molar-refractivity contribution >= 4 is 64.0 Å². The van der Waals surface area contributed by atoms with Crippen molar-refractivity contribution in [3.8, 4) is 22.5 Å². The van der Waals surface area contributed by atoms with Crippen LogP contribution in [0.25, 0.3) is 33.4 Å². The monoisotopic (exact) mass is 719 g/mol. The summed E-state index contributed by atoms with van der Waals surface area (Å²) in [6.07, 6.45) is 1.04. The molecule has 6 rings (SSSR count). The van der Waals surface area contributed by atoms with Crippen molar-refractivity contribution in [2.75, 3.05) is 16.3 Å². The fourth-order valence-electron chi connectivity index (χ4n) is 5.55. The maximum atomic E-state index is 12.7. The van der Waals surface area contributed by atoms with E-state index in [9.17, 15) is 34.4 Å². The van der Waals surface area contributed by atoms with Crippen molar-refractivity contribution in [3.05, 3.63) is 114 Å². The number of benzene rings is 5. The molecule has 0 radical (unpaired) electrons. The number of hydrogen-bond acceptors (Lipinski definition) is 9. The molecule has 252 valence electrons. The Labute approximate surface area is 282 Å². The maximum Gasteiger partial charge on any atom is 0.295 e. The van der Waals surface area contributed by atoms with E-state index in [4.69, 9.17) is 9.41 Å². The highest BCUT2D eigenvalue weighted by atomic mass is 32.2. The first-order chi connectivity index (χ1) is 23.0. The van der Waals surface area contributed by atoms with Gasteiger partial charge in [-0.3, -0.25) is 13.8 Å². The zero-order valence-electron chi connectivity index (χ0n) is 26.2. The Hall–Kier alpha value is -5.06. The van der Waals surface area contributed by atoms with Crippen LogP contribution in [0.4, 0.5) is 22.7 Å². The predicted molar refractivity (Wildman–Crippen MR) is 187 cm³/mol. The summed E-state index contributed by atoms with van der Waals surface area (Å²) >= 11 is 0. The number of rotatable bonds is 8. The van der Waals surface area contributed by atoms with Gasteiger partial charge in [-0.05, 0) is 73.5 Å². The van der Waals surface area contributed by atoms with Gasteiger partial charge in [-0.15, -0.1) is 0 Å². The molecule has 0 bridgehead atoms. The van der Waals surface area contributed by atoms with Crippen LogP contribution >= 0.6 is 0 Å². The SMILES string of the molecule is Cc1cccc(C)c1N=c1ccc2c(-c3ccc(S(=O)(=O)O)cc3S(=O)(=O)O)c3ccc(Nc4ccccc4NS(C)(=O)=O)cc3oc-2c1. The molecule has 4 N–H and O–H groups in total. The molecule has 4 aromatic rings. The number of hydrogen-bond donors (Lipinski definition) is 4. The van der Waals surface area contributed by atoms with Gasteiger partial charge in [0.2, 0.25) is 10.0 Å².